The summed E-state index contributed by atoms with van der Waals surface area (Å²) < 4.78 is 0. The van der Waals surface area contributed by atoms with Gasteiger partial charge < -0.3 is 10.0 Å². The molecule has 2 aromatic rings. The Hall–Kier alpha value is -2.24. The number of nitroso groups, excluding NO2 is 1. The third kappa shape index (κ3) is 4.87. The quantitative estimate of drug-likeness (QED) is 0.788. The topological polar surface area (TPSA) is 56.1 Å². The second kappa shape index (κ2) is 8.74. The second-order valence-electron chi connectivity index (χ2n) is 6.54. The van der Waals surface area contributed by atoms with Gasteiger partial charge in [0, 0.05) is 38.4 Å². The molecule has 0 spiro atoms. The molecule has 5 heteroatoms. The van der Waals surface area contributed by atoms with Crippen LogP contribution in [0, 0.1) is 4.91 Å². The Kier molecular flexibility index (Phi) is 6.14. The van der Waals surface area contributed by atoms with Crippen LogP contribution in [0.15, 0.2) is 59.8 Å². The third-order valence-corrected chi connectivity index (χ3v) is 4.77. The Morgan fingerprint density at radius 3 is 2.24 bits per heavy atom. The second-order valence-corrected chi connectivity index (χ2v) is 6.54. The van der Waals surface area contributed by atoms with E-state index in [4.69, 9.17) is 0 Å². The summed E-state index contributed by atoms with van der Waals surface area (Å²) in [6, 6.07) is 18.2. The van der Waals surface area contributed by atoms with Crippen molar-refractivity contribution in [2.24, 2.45) is 5.18 Å². The van der Waals surface area contributed by atoms with Crippen molar-refractivity contribution < 1.29 is 5.11 Å². The van der Waals surface area contributed by atoms with Gasteiger partial charge in [0.05, 0.1) is 6.10 Å². The molecule has 1 unspecified atom stereocenters. The van der Waals surface area contributed by atoms with Crippen LogP contribution in [0.25, 0.3) is 0 Å². The van der Waals surface area contributed by atoms with Gasteiger partial charge >= 0.3 is 0 Å². The van der Waals surface area contributed by atoms with E-state index in [-0.39, 0.29) is 6.54 Å². The van der Waals surface area contributed by atoms with Gasteiger partial charge in [-0.05, 0) is 29.7 Å². The Morgan fingerprint density at radius 1 is 0.920 bits per heavy atom. The fraction of sp³-hybridized carbons (Fsp3) is 0.400. The van der Waals surface area contributed by atoms with E-state index >= 15 is 0 Å². The van der Waals surface area contributed by atoms with Crippen LogP contribution in [0.5, 0.6) is 0 Å². The van der Waals surface area contributed by atoms with Gasteiger partial charge in [-0.2, -0.15) is 4.91 Å². The van der Waals surface area contributed by atoms with E-state index in [1.165, 1.54) is 5.69 Å². The maximum absolute atomic E-state index is 10.6. The fourth-order valence-corrected chi connectivity index (χ4v) is 3.42. The SMILES string of the molecule is O=NCc1ccccc1CC(O)CN1CCN(c2ccccc2)CC1. The van der Waals surface area contributed by atoms with Crippen molar-refractivity contribution in [1.82, 2.24) is 4.90 Å². The minimum atomic E-state index is -0.434. The highest BCUT2D eigenvalue weighted by Gasteiger charge is 2.20. The molecule has 0 saturated carbocycles. The Balaban J connectivity index is 1.50. The van der Waals surface area contributed by atoms with E-state index in [2.05, 4.69) is 39.2 Å². The van der Waals surface area contributed by atoms with Crippen LogP contribution in [0.3, 0.4) is 0 Å². The first kappa shape index (κ1) is 17.6. The molecule has 0 aliphatic carbocycles. The standard InChI is InChI=1S/C20H25N3O2/c24-20(14-17-6-4-5-7-18(17)15-21-25)16-22-10-12-23(13-11-22)19-8-2-1-3-9-19/h1-9,20,24H,10-16H2. The van der Waals surface area contributed by atoms with Gasteiger partial charge in [0.25, 0.3) is 0 Å². The van der Waals surface area contributed by atoms with Crippen molar-refractivity contribution in [2.45, 2.75) is 19.1 Å². The maximum atomic E-state index is 10.6. The monoisotopic (exact) mass is 339 g/mol. The van der Waals surface area contributed by atoms with Gasteiger partial charge in [-0.25, -0.2) is 0 Å². The zero-order valence-electron chi connectivity index (χ0n) is 14.4. The molecule has 0 amide bonds. The molecule has 1 aliphatic rings. The van der Waals surface area contributed by atoms with Crippen molar-refractivity contribution in [2.75, 3.05) is 37.6 Å². The Morgan fingerprint density at radius 2 is 1.56 bits per heavy atom. The first-order valence-corrected chi connectivity index (χ1v) is 8.82. The lowest BCUT2D eigenvalue weighted by Crippen LogP contribution is -2.48. The normalized spacial score (nSPS) is 16.6. The molecule has 1 aliphatic heterocycles. The smallest absolute Gasteiger partial charge is 0.106 e. The van der Waals surface area contributed by atoms with E-state index in [0.717, 1.165) is 37.3 Å². The molecule has 3 rings (SSSR count). The molecule has 1 heterocycles. The van der Waals surface area contributed by atoms with Crippen LogP contribution in [-0.4, -0.2) is 48.8 Å². The van der Waals surface area contributed by atoms with Crippen LogP contribution < -0.4 is 4.90 Å². The fourth-order valence-electron chi connectivity index (χ4n) is 3.42. The van der Waals surface area contributed by atoms with Crippen LogP contribution in [-0.2, 0) is 13.0 Å². The van der Waals surface area contributed by atoms with Crippen molar-refractivity contribution in [3.63, 3.8) is 0 Å². The number of nitrogens with zero attached hydrogens (tertiary/aromatic N) is 3. The molecule has 0 bridgehead atoms. The minimum Gasteiger partial charge on any atom is -0.391 e. The average molecular weight is 339 g/mol. The molecule has 25 heavy (non-hydrogen) atoms. The first-order valence-electron chi connectivity index (χ1n) is 8.82. The lowest BCUT2D eigenvalue weighted by atomic mass is 10.0. The van der Waals surface area contributed by atoms with Gasteiger partial charge in [-0.3, -0.25) is 4.90 Å². The number of benzene rings is 2. The van der Waals surface area contributed by atoms with Crippen LogP contribution in [0.2, 0.25) is 0 Å². The maximum Gasteiger partial charge on any atom is 0.106 e. The summed E-state index contributed by atoms with van der Waals surface area (Å²) in [5.41, 5.74) is 3.18. The summed E-state index contributed by atoms with van der Waals surface area (Å²) in [6.45, 7) is 4.67. The molecule has 0 aromatic heterocycles. The summed E-state index contributed by atoms with van der Waals surface area (Å²) in [7, 11) is 0. The minimum absolute atomic E-state index is 0.165. The number of hydrogen-bond donors (Lipinski definition) is 1. The van der Waals surface area contributed by atoms with E-state index in [0.29, 0.717) is 13.0 Å². The highest BCUT2D eigenvalue weighted by molar-refractivity contribution is 5.46. The Bertz CT molecular complexity index is 670. The molecule has 2 aromatic carbocycles. The van der Waals surface area contributed by atoms with Gasteiger partial charge in [-0.1, -0.05) is 47.6 Å². The molecule has 1 saturated heterocycles. The van der Waals surface area contributed by atoms with Gasteiger partial charge in [0.15, 0.2) is 0 Å². The number of β-amino-alcohol motifs (C(OH)–C–C–N with tert-alkyl or cyclic N) is 1. The zero-order chi connectivity index (χ0) is 17.5. The molecule has 1 atom stereocenters. The highest BCUT2D eigenvalue weighted by Crippen LogP contribution is 2.17. The molecule has 132 valence electrons. The molecule has 1 N–H and O–H groups in total. The van der Waals surface area contributed by atoms with E-state index in [9.17, 15) is 10.0 Å². The predicted molar refractivity (Wildman–Crippen MR) is 101 cm³/mol. The first-order chi connectivity index (χ1) is 12.3. The number of hydrogen-bond acceptors (Lipinski definition) is 5. The number of piperazine rings is 1. The average Bonchev–Trinajstić information content (AvgIpc) is 2.65. The van der Waals surface area contributed by atoms with Crippen LogP contribution >= 0.6 is 0 Å². The molecular formula is C20H25N3O2. The van der Waals surface area contributed by atoms with Crippen LogP contribution in [0.1, 0.15) is 11.1 Å². The van der Waals surface area contributed by atoms with Crippen molar-refractivity contribution in [1.29, 1.82) is 0 Å². The lowest BCUT2D eigenvalue weighted by Gasteiger charge is -2.37. The van der Waals surface area contributed by atoms with Gasteiger partial charge in [-0.15, -0.1) is 0 Å². The summed E-state index contributed by atoms with van der Waals surface area (Å²) in [6.07, 6.45) is 0.126. The van der Waals surface area contributed by atoms with Gasteiger partial charge in [0.1, 0.15) is 6.54 Å². The molecule has 5 nitrogen and oxygen atoms in total. The summed E-state index contributed by atoms with van der Waals surface area (Å²) in [5, 5.41) is 13.4. The number of anilines is 1. The Labute approximate surface area is 148 Å². The number of para-hydroxylation sites is 1. The van der Waals surface area contributed by atoms with Gasteiger partial charge in [0.2, 0.25) is 0 Å². The summed E-state index contributed by atoms with van der Waals surface area (Å²) >= 11 is 0. The van der Waals surface area contributed by atoms with E-state index in [1.807, 2.05) is 30.3 Å². The summed E-state index contributed by atoms with van der Waals surface area (Å²) in [4.78, 5) is 15.2. The highest BCUT2D eigenvalue weighted by atomic mass is 16.3. The number of aliphatic hydroxyl groups is 1. The van der Waals surface area contributed by atoms with Crippen LogP contribution in [0.4, 0.5) is 5.69 Å². The predicted octanol–water partition coefficient (Wildman–Crippen LogP) is 2.68. The molecular weight excluding hydrogens is 314 g/mol. The van der Waals surface area contributed by atoms with E-state index < -0.39 is 6.10 Å². The van der Waals surface area contributed by atoms with Crippen molar-refractivity contribution in [3.8, 4) is 0 Å². The number of aliphatic hydroxyl groups excluding tert-OH is 1. The zero-order valence-corrected chi connectivity index (χ0v) is 14.4. The van der Waals surface area contributed by atoms with Crippen molar-refractivity contribution in [3.05, 3.63) is 70.6 Å². The number of rotatable bonds is 7. The molecule has 1 fully saturated rings. The van der Waals surface area contributed by atoms with Crippen molar-refractivity contribution >= 4 is 5.69 Å². The lowest BCUT2D eigenvalue weighted by molar-refractivity contribution is 0.109. The summed E-state index contributed by atoms with van der Waals surface area (Å²) in [5.74, 6) is 0. The largest absolute Gasteiger partial charge is 0.391 e. The van der Waals surface area contributed by atoms with E-state index in [1.54, 1.807) is 0 Å². The molecule has 0 radical (unpaired) electrons. The third-order valence-electron chi connectivity index (χ3n) is 4.77.